The van der Waals surface area contributed by atoms with Gasteiger partial charge in [-0.15, -0.1) is 0 Å². The number of nitrogens with zero attached hydrogens (tertiary/aromatic N) is 1. The van der Waals surface area contributed by atoms with Gasteiger partial charge in [0.15, 0.2) is 0 Å². The first-order chi connectivity index (χ1) is 11.5. The SMILES string of the molecule is CCOC(=O)c1ccc(NC(=O)Cc2ccc([N+](=O)[O-])cc2)cc1. The minimum absolute atomic E-state index is 0.0197. The van der Waals surface area contributed by atoms with Gasteiger partial charge in [0, 0.05) is 17.8 Å². The Kier molecular flexibility index (Phi) is 5.62. The molecule has 0 aliphatic carbocycles. The zero-order chi connectivity index (χ0) is 17.5. The Balaban J connectivity index is 1.94. The molecule has 124 valence electrons. The molecule has 0 aliphatic heterocycles. The Bertz CT molecular complexity index is 739. The lowest BCUT2D eigenvalue weighted by Gasteiger charge is -2.06. The number of ether oxygens (including phenoxy) is 1. The third-order valence-electron chi connectivity index (χ3n) is 3.19. The van der Waals surface area contributed by atoms with E-state index in [-0.39, 0.29) is 18.0 Å². The number of benzene rings is 2. The summed E-state index contributed by atoms with van der Waals surface area (Å²) in [5, 5.41) is 13.3. The van der Waals surface area contributed by atoms with Gasteiger partial charge in [-0.05, 0) is 36.8 Å². The van der Waals surface area contributed by atoms with Crippen LogP contribution in [0.4, 0.5) is 11.4 Å². The van der Waals surface area contributed by atoms with E-state index in [0.717, 1.165) is 0 Å². The van der Waals surface area contributed by atoms with Gasteiger partial charge in [0.1, 0.15) is 0 Å². The Morgan fingerprint density at radius 1 is 1.08 bits per heavy atom. The quantitative estimate of drug-likeness (QED) is 0.499. The van der Waals surface area contributed by atoms with Crippen molar-refractivity contribution in [2.75, 3.05) is 11.9 Å². The molecule has 0 fully saturated rings. The largest absolute Gasteiger partial charge is 0.462 e. The summed E-state index contributed by atoms with van der Waals surface area (Å²) in [6, 6.07) is 12.2. The highest BCUT2D eigenvalue weighted by atomic mass is 16.6. The van der Waals surface area contributed by atoms with Crippen molar-refractivity contribution in [2.24, 2.45) is 0 Å². The number of nitrogens with one attached hydrogen (secondary N) is 1. The number of carbonyl (C=O) groups is 2. The number of nitro benzene ring substituents is 1. The topological polar surface area (TPSA) is 98.5 Å². The summed E-state index contributed by atoms with van der Waals surface area (Å²) < 4.78 is 4.88. The summed E-state index contributed by atoms with van der Waals surface area (Å²) in [7, 11) is 0. The summed E-state index contributed by atoms with van der Waals surface area (Å²) in [5.41, 5.74) is 1.61. The van der Waals surface area contributed by atoms with Gasteiger partial charge in [-0.2, -0.15) is 0 Å². The molecule has 0 atom stereocenters. The van der Waals surface area contributed by atoms with Crippen molar-refractivity contribution in [3.63, 3.8) is 0 Å². The van der Waals surface area contributed by atoms with E-state index >= 15 is 0 Å². The van der Waals surface area contributed by atoms with Crippen molar-refractivity contribution in [1.29, 1.82) is 0 Å². The Hall–Kier alpha value is -3.22. The van der Waals surface area contributed by atoms with Gasteiger partial charge in [0.25, 0.3) is 5.69 Å². The van der Waals surface area contributed by atoms with Crippen molar-refractivity contribution in [3.05, 3.63) is 69.8 Å². The predicted octanol–water partition coefficient (Wildman–Crippen LogP) is 2.95. The van der Waals surface area contributed by atoms with Gasteiger partial charge >= 0.3 is 5.97 Å². The molecule has 0 aromatic heterocycles. The maximum atomic E-state index is 12.0. The maximum absolute atomic E-state index is 12.0. The number of hydrogen-bond donors (Lipinski definition) is 1. The minimum Gasteiger partial charge on any atom is -0.462 e. The van der Waals surface area contributed by atoms with Crippen LogP contribution >= 0.6 is 0 Å². The molecule has 0 saturated heterocycles. The number of amides is 1. The number of carbonyl (C=O) groups excluding carboxylic acids is 2. The number of rotatable bonds is 6. The smallest absolute Gasteiger partial charge is 0.338 e. The lowest BCUT2D eigenvalue weighted by molar-refractivity contribution is -0.384. The van der Waals surface area contributed by atoms with E-state index in [1.54, 1.807) is 43.3 Å². The molecule has 2 aromatic rings. The van der Waals surface area contributed by atoms with E-state index in [0.29, 0.717) is 23.4 Å². The van der Waals surface area contributed by atoms with Crippen molar-refractivity contribution < 1.29 is 19.2 Å². The monoisotopic (exact) mass is 328 g/mol. The van der Waals surface area contributed by atoms with Gasteiger partial charge in [-0.1, -0.05) is 12.1 Å². The van der Waals surface area contributed by atoms with E-state index in [9.17, 15) is 19.7 Å². The molecule has 0 unspecified atom stereocenters. The van der Waals surface area contributed by atoms with Gasteiger partial charge in [0.05, 0.1) is 23.5 Å². The average Bonchev–Trinajstić information content (AvgIpc) is 2.56. The molecule has 24 heavy (non-hydrogen) atoms. The Morgan fingerprint density at radius 3 is 2.25 bits per heavy atom. The standard InChI is InChI=1S/C17H16N2O5/c1-2-24-17(21)13-5-7-14(8-6-13)18-16(20)11-12-3-9-15(10-4-12)19(22)23/h3-10H,2,11H2,1H3,(H,18,20). The summed E-state index contributed by atoms with van der Waals surface area (Å²) in [5.74, 6) is -0.672. The van der Waals surface area contributed by atoms with Crippen LogP contribution in [0, 0.1) is 10.1 Å². The highest BCUT2D eigenvalue weighted by molar-refractivity contribution is 5.94. The first-order valence-corrected chi connectivity index (χ1v) is 7.30. The van der Waals surface area contributed by atoms with E-state index in [2.05, 4.69) is 5.32 Å². The number of hydrogen-bond acceptors (Lipinski definition) is 5. The van der Waals surface area contributed by atoms with Crippen LogP contribution in [0.25, 0.3) is 0 Å². The fraction of sp³-hybridized carbons (Fsp3) is 0.176. The van der Waals surface area contributed by atoms with E-state index < -0.39 is 10.9 Å². The molecular formula is C17H16N2O5. The summed E-state index contributed by atoms with van der Waals surface area (Å²) in [4.78, 5) is 33.6. The number of nitro groups is 1. The third-order valence-corrected chi connectivity index (χ3v) is 3.19. The van der Waals surface area contributed by atoms with Crippen molar-refractivity contribution in [1.82, 2.24) is 0 Å². The van der Waals surface area contributed by atoms with E-state index in [4.69, 9.17) is 4.74 Å². The van der Waals surface area contributed by atoms with Crippen LogP contribution in [0.15, 0.2) is 48.5 Å². The van der Waals surface area contributed by atoms with Crippen LogP contribution in [0.5, 0.6) is 0 Å². The van der Waals surface area contributed by atoms with Crippen LogP contribution in [0.2, 0.25) is 0 Å². The second-order valence-corrected chi connectivity index (χ2v) is 4.95. The molecule has 0 saturated carbocycles. The van der Waals surface area contributed by atoms with E-state index in [1.165, 1.54) is 12.1 Å². The molecular weight excluding hydrogens is 312 g/mol. The Morgan fingerprint density at radius 2 is 1.71 bits per heavy atom. The molecule has 0 radical (unpaired) electrons. The zero-order valence-corrected chi connectivity index (χ0v) is 13.0. The van der Waals surface area contributed by atoms with Gasteiger partial charge < -0.3 is 10.1 Å². The lowest BCUT2D eigenvalue weighted by Crippen LogP contribution is -2.14. The van der Waals surface area contributed by atoms with Crippen molar-refractivity contribution >= 4 is 23.3 Å². The van der Waals surface area contributed by atoms with Crippen molar-refractivity contribution in [3.8, 4) is 0 Å². The van der Waals surface area contributed by atoms with Crippen LogP contribution in [0.3, 0.4) is 0 Å². The average molecular weight is 328 g/mol. The molecule has 7 heteroatoms. The van der Waals surface area contributed by atoms with E-state index in [1.807, 2.05) is 0 Å². The fourth-order valence-corrected chi connectivity index (χ4v) is 2.03. The second kappa shape index (κ2) is 7.87. The van der Waals surface area contributed by atoms with Gasteiger partial charge in [-0.3, -0.25) is 14.9 Å². The van der Waals surface area contributed by atoms with Crippen LogP contribution < -0.4 is 5.32 Å². The first kappa shape index (κ1) is 17.1. The maximum Gasteiger partial charge on any atom is 0.338 e. The third kappa shape index (κ3) is 4.64. The molecule has 2 rings (SSSR count). The van der Waals surface area contributed by atoms with Gasteiger partial charge in [-0.25, -0.2) is 4.79 Å². The molecule has 0 spiro atoms. The Labute approximate surface area is 138 Å². The summed E-state index contributed by atoms with van der Waals surface area (Å²) in [6.45, 7) is 2.03. The summed E-state index contributed by atoms with van der Waals surface area (Å²) >= 11 is 0. The van der Waals surface area contributed by atoms with Crippen LogP contribution in [0.1, 0.15) is 22.8 Å². The summed E-state index contributed by atoms with van der Waals surface area (Å²) in [6.07, 6.45) is 0.0949. The highest BCUT2D eigenvalue weighted by Crippen LogP contribution is 2.14. The second-order valence-electron chi connectivity index (χ2n) is 4.95. The predicted molar refractivity (Wildman–Crippen MR) is 87.8 cm³/mol. The number of anilines is 1. The number of esters is 1. The minimum atomic E-state index is -0.491. The first-order valence-electron chi connectivity index (χ1n) is 7.30. The molecule has 0 bridgehead atoms. The molecule has 2 aromatic carbocycles. The molecule has 0 aliphatic rings. The molecule has 7 nitrogen and oxygen atoms in total. The van der Waals surface area contributed by atoms with Crippen molar-refractivity contribution in [2.45, 2.75) is 13.3 Å². The molecule has 1 N–H and O–H groups in total. The molecule has 1 amide bonds. The van der Waals surface area contributed by atoms with Gasteiger partial charge in [0.2, 0.25) is 5.91 Å². The zero-order valence-electron chi connectivity index (χ0n) is 13.0. The normalized spacial score (nSPS) is 10.0. The highest BCUT2D eigenvalue weighted by Gasteiger charge is 2.09. The molecule has 0 heterocycles. The van der Waals surface area contributed by atoms with Crippen LogP contribution in [-0.2, 0) is 16.0 Å². The lowest BCUT2D eigenvalue weighted by atomic mass is 10.1. The fourth-order valence-electron chi connectivity index (χ4n) is 2.03. The number of non-ortho nitro benzene ring substituents is 1. The van der Waals surface area contributed by atoms with Crippen LogP contribution in [-0.4, -0.2) is 23.4 Å².